The monoisotopic (exact) mass is 595 g/mol. The predicted octanol–water partition coefficient (Wildman–Crippen LogP) is 8.04. The SMILES string of the molecule is CCCCCCCCCCCCS(CCCCCCCCCCCC)=P([O-])([O-])[S-].[S]=[Mo+3]. The molecule has 0 aromatic carbocycles. The van der Waals surface area contributed by atoms with Gasteiger partial charge in [-0.2, -0.15) is 0 Å². The second kappa shape index (κ2) is 28.2. The van der Waals surface area contributed by atoms with Crippen molar-refractivity contribution in [3.8, 4) is 0 Å². The number of rotatable bonds is 22. The summed E-state index contributed by atoms with van der Waals surface area (Å²) in [5.41, 5.74) is -3.57. The molecule has 0 amide bonds. The summed E-state index contributed by atoms with van der Waals surface area (Å²) >= 11 is 6.39. The van der Waals surface area contributed by atoms with Crippen molar-refractivity contribution < 1.29 is 27.8 Å². The van der Waals surface area contributed by atoms with Crippen LogP contribution in [0.25, 0.3) is 0 Å². The van der Waals surface area contributed by atoms with E-state index in [0.717, 1.165) is 24.3 Å². The van der Waals surface area contributed by atoms with Crippen molar-refractivity contribution in [2.45, 2.75) is 142 Å². The molecule has 0 saturated carbocycles. The fourth-order valence-corrected chi connectivity index (χ4v) is 9.02. The van der Waals surface area contributed by atoms with Crippen molar-refractivity contribution in [3.63, 3.8) is 0 Å². The zero-order valence-electron chi connectivity index (χ0n) is 20.5. The van der Waals surface area contributed by atoms with E-state index in [4.69, 9.17) is 12.2 Å². The third-order valence-corrected chi connectivity index (χ3v) is 12.8. The second-order valence-corrected chi connectivity index (χ2v) is 16.4. The van der Waals surface area contributed by atoms with Crippen molar-refractivity contribution in [2.75, 3.05) is 11.5 Å². The summed E-state index contributed by atoms with van der Waals surface area (Å²) in [6, 6.07) is 0. The van der Waals surface area contributed by atoms with E-state index in [9.17, 15) is 9.79 Å². The summed E-state index contributed by atoms with van der Waals surface area (Å²) in [4.78, 5) is 23.9. The molecule has 0 aromatic heterocycles. The molecule has 0 radical (unpaired) electrons. The zero-order chi connectivity index (χ0) is 23.6. The van der Waals surface area contributed by atoms with Gasteiger partial charge in [0.2, 0.25) is 0 Å². The van der Waals surface area contributed by atoms with Crippen molar-refractivity contribution >= 4 is 37.8 Å². The molecule has 0 fully saturated rings. The van der Waals surface area contributed by atoms with Crippen molar-refractivity contribution in [2.24, 2.45) is 0 Å². The summed E-state index contributed by atoms with van der Waals surface area (Å²) in [5, 5.41) is 0. The van der Waals surface area contributed by atoms with Gasteiger partial charge in [0, 0.05) is 0 Å². The topological polar surface area (TPSA) is 46.1 Å². The van der Waals surface area contributed by atoms with E-state index in [2.05, 4.69) is 23.7 Å². The van der Waals surface area contributed by atoms with Crippen molar-refractivity contribution in [3.05, 3.63) is 0 Å². The van der Waals surface area contributed by atoms with Crippen LogP contribution in [0.5, 0.6) is 0 Å². The minimum atomic E-state index is -3.57. The van der Waals surface area contributed by atoms with E-state index in [1.54, 1.807) is 0 Å². The molecule has 0 aliphatic rings. The molecular weight excluding hydrogens is 543 g/mol. The molecule has 2 nitrogen and oxygen atoms in total. The number of unbranched alkanes of at least 4 members (excludes halogenated alkanes) is 18. The molecule has 0 atom stereocenters. The van der Waals surface area contributed by atoms with Gasteiger partial charge in [0.15, 0.2) is 0 Å². The Hall–Kier alpha value is 1.96. The first-order valence-corrected chi connectivity index (χ1v) is 20.5. The zero-order valence-corrected chi connectivity index (χ0v) is 25.8. The maximum absolute atomic E-state index is 12.0. The van der Waals surface area contributed by atoms with Crippen LogP contribution in [0.1, 0.15) is 142 Å². The van der Waals surface area contributed by atoms with Gasteiger partial charge in [-0.3, -0.25) is 0 Å². The Balaban J connectivity index is 0. The third-order valence-electron chi connectivity index (χ3n) is 5.78. The Bertz CT molecular complexity index is 385. The molecule has 187 valence electrons. The van der Waals surface area contributed by atoms with Crippen LogP contribution in [-0.2, 0) is 40.3 Å². The average Bonchev–Trinajstić information content (AvgIpc) is 2.75. The van der Waals surface area contributed by atoms with E-state index >= 15 is 0 Å². The van der Waals surface area contributed by atoms with Crippen LogP contribution in [0, 0.1) is 0 Å². The molecule has 0 aromatic rings. The molecule has 0 saturated heterocycles. The van der Waals surface area contributed by atoms with Gasteiger partial charge in [-0.15, -0.1) is 0 Å². The van der Waals surface area contributed by atoms with E-state index in [0.29, 0.717) is 0 Å². The van der Waals surface area contributed by atoms with Crippen LogP contribution < -0.4 is 9.79 Å². The summed E-state index contributed by atoms with van der Waals surface area (Å²) in [5.74, 6) is 1.64. The Labute approximate surface area is 218 Å². The van der Waals surface area contributed by atoms with E-state index in [-0.39, 0.29) is 0 Å². The van der Waals surface area contributed by atoms with Crippen molar-refractivity contribution in [1.82, 2.24) is 0 Å². The molecule has 0 bridgehead atoms. The predicted molar refractivity (Wildman–Crippen MR) is 143 cm³/mol. The van der Waals surface area contributed by atoms with Gasteiger partial charge in [0.25, 0.3) is 0 Å². The molecule has 0 aliphatic carbocycles. The normalized spacial score (nSPS) is 11.6. The fraction of sp³-hybridized carbons (Fsp3) is 1.00. The molecule has 0 spiro atoms. The standard InChI is InChI=1S/C24H50O2PS2.Mo.S/c1-3-5-7-9-11-13-15-17-19-21-23-29(27(25,26)28)24-22-20-18-16-14-12-10-8-6-4-2;;/h3-24H2,1-2H3;;/q-3;+3;. The van der Waals surface area contributed by atoms with E-state index in [1.807, 2.05) is 0 Å². The summed E-state index contributed by atoms with van der Waals surface area (Å²) in [6.45, 7) is 4.52. The summed E-state index contributed by atoms with van der Waals surface area (Å²) < 4.78 is 0. The van der Waals surface area contributed by atoms with Gasteiger partial charge in [0.1, 0.15) is 0 Å². The molecule has 0 unspecified atom stereocenters. The Morgan fingerprint density at radius 3 is 1.00 bits per heavy atom. The van der Waals surface area contributed by atoms with Gasteiger partial charge in [-0.1, -0.05) is 129 Å². The van der Waals surface area contributed by atoms with Crippen LogP contribution in [-0.4, -0.2) is 11.5 Å². The van der Waals surface area contributed by atoms with Crippen LogP contribution in [0.3, 0.4) is 0 Å². The Morgan fingerprint density at radius 2 is 0.774 bits per heavy atom. The minimum absolute atomic E-state index is 0.552. The summed E-state index contributed by atoms with van der Waals surface area (Å²) in [7, 11) is 3.54. The summed E-state index contributed by atoms with van der Waals surface area (Å²) in [6.07, 6.45) is 25.9. The van der Waals surface area contributed by atoms with Gasteiger partial charge >= 0.3 is 27.8 Å². The van der Waals surface area contributed by atoms with Crippen LogP contribution in [0.4, 0.5) is 0 Å². The van der Waals surface area contributed by atoms with Gasteiger partial charge < -0.3 is 27.7 Å². The first-order valence-electron chi connectivity index (χ1n) is 12.9. The van der Waals surface area contributed by atoms with E-state index < -0.39 is 15.8 Å². The van der Waals surface area contributed by atoms with Gasteiger partial charge in [0.05, 0.1) is 0 Å². The fourth-order valence-electron chi connectivity index (χ4n) is 3.84. The Morgan fingerprint density at radius 1 is 0.548 bits per heavy atom. The van der Waals surface area contributed by atoms with Crippen LogP contribution in [0.2, 0.25) is 0 Å². The maximum atomic E-state index is 12.0. The number of hydrogen-bond donors (Lipinski definition) is 0. The first kappa shape index (κ1) is 35.1. The second-order valence-electron chi connectivity index (χ2n) is 8.68. The molecule has 7 heteroatoms. The van der Waals surface area contributed by atoms with E-state index in [1.165, 1.54) is 134 Å². The van der Waals surface area contributed by atoms with Gasteiger partial charge in [-0.05, 0) is 24.3 Å². The first-order chi connectivity index (χ1) is 15.0. The molecule has 0 aliphatic heterocycles. The molecule has 0 heterocycles. The quantitative estimate of drug-likeness (QED) is 0.0552. The van der Waals surface area contributed by atoms with Crippen LogP contribution >= 0.6 is 15.5 Å². The molecule has 0 N–H and O–H groups in total. The number of hydrogen-bond acceptors (Lipinski definition) is 4. The van der Waals surface area contributed by atoms with Gasteiger partial charge in [-0.25, -0.2) is 10.1 Å². The molecule has 0 rings (SSSR count). The third kappa shape index (κ3) is 28.1. The average molecular weight is 594 g/mol. The molecular formula is C24H50MoO2PS3. The van der Waals surface area contributed by atoms with Crippen molar-refractivity contribution in [1.29, 1.82) is 0 Å². The molecule has 31 heavy (non-hydrogen) atoms. The Kier molecular flexibility index (Phi) is 31.9. The van der Waals surface area contributed by atoms with Crippen LogP contribution in [0.15, 0.2) is 0 Å².